The normalized spacial score (nSPS) is 10.3. The van der Waals surface area contributed by atoms with Crippen LogP contribution in [0.3, 0.4) is 0 Å². The van der Waals surface area contributed by atoms with Gasteiger partial charge in [-0.3, -0.25) is 0 Å². The number of unbranched alkanes of at least 4 members (excludes halogenated alkanes) is 1. The highest BCUT2D eigenvalue weighted by atomic mass is 15.1. The summed E-state index contributed by atoms with van der Waals surface area (Å²) in [5, 5.41) is 3.33. The van der Waals surface area contributed by atoms with Crippen molar-refractivity contribution in [2.75, 3.05) is 29.9 Å². The Balaban J connectivity index is 2.66. The molecule has 0 spiro atoms. The van der Waals surface area contributed by atoms with Gasteiger partial charge in [0.25, 0.3) is 0 Å². The third-order valence-corrected chi connectivity index (χ3v) is 2.83. The molecule has 0 bridgehead atoms. The van der Waals surface area contributed by atoms with Crippen LogP contribution in [0.1, 0.15) is 40.0 Å². The van der Waals surface area contributed by atoms with Gasteiger partial charge >= 0.3 is 0 Å². The number of hydrogen-bond donors (Lipinski definition) is 1. The molecule has 1 aromatic heterocycles. The molecule has 0 aromatic carbocycles. The molecule has 3 nitrogen and oxygen atoms in total. The summed E-state index contributed by atoms with van der Waals surface area (Å²) >= 11 is 0. The lowest BCUT2D eigenvalue weighted by atomic mass is 10.2. The Bertz CT molecular complexity index is 312. The Morgan fingerprint density at radius 3 is 2.71 bits per heavy atom. The van der Waals surface area contributed by atoms with Crippen LogP contribution in [-0.4, -0.2) is 24.6 Å². The van der Waals surface area contributed by atoms with Crippen LogP contribution in [0.5, 0.6) is 0 Å². The maximum atomic E-state index is 4.34. The molecule has 0 saturated heterocycles. The molecule has 0 atom stereocenters. The van der Waals surface area contributed by atoms with Crippen molar-refractivity contribution in [3.05, 3.63) is 18.3 Å². The van der Waals surface area contributed by atoms with E-state index in [0.717, 1.165) is 31.9 Å². The number of aromatic nitrogens is 1. The Kier molecular flexibility index (Phi) is 6.45. The summed E-state index contributed by atoms with van der Waals surface area (Å²) in [5.41, 5.74) is 1.27. The number of nitrogens with one attached hydrogen (secondary N) is 1. The Morgan fingerprint density at radius 1 is 1.24 bits per heavy atom. The first kappa shape index (κ1) is 13.8. The fourth-order valence-electron chi connectivity index (χ4n) is 1.78. The van der Waals surface area contributed by atoms with E-state index in [4.69, 9.17) is 0 Å². The highest BCUT2D eigenvalue weighted by molar-refractivity contribution is 5.53. The number of rotatable bonds is 8. The van der Waals surface area contributed by atoms with Crippen LogP contribution in [-0.2, 0) is 0 Å². The van der Waals surface area contributed by atoms with Crippen LogP contribution >= 0.6 is 0 Å². The first-order chi connectivity index (χ1) is 8.31. The van der Waals surface area contributed by atoms with Crippen LogP contribution in [0.2, 0.25) is 0 Å². The first-order valence-electron chi connectivity index (χ1n) is 6.76. The quantitative estimate of drug-likeness (QED) is 0.747. The van der Waals surface area contributed by atoms with E-state index >= 15 is 0 Å². The second-order valence-electron chi connectivity index (χ2n) is 4.26. The minimum absolute atomic E-state index is 0.984. The number of anilines is 2. The van der Waals surface area contributed by atoms with Gasteiger partial charge in [-0.25, -0.2) is 4.98 Å². The monoisotopic (exact) mass is 235 g/mol. The van der Waals surface area contributed by atoms with Gasteiger partial charge in [-0.2, -0.15) is 0 Å². The molecule has 1 N–H and O–H groups in total. The third-order valence-electron chi connectivity index (χ3n) is 2.83. The van der Waals surface area contributed by atoms with Crippen molar-refractivity contribution in [2.24, 2.45) is 0 Å². The molecular weight excluding hydrogens is 210 g/mol. The highest BCUT2D eigenvalue weighted by Gasteiger charge is 2.04. The maximum absolute atomic E-state index is 4.34. The topological polar surface area (TPSA) is 28.2 Å². The van der Waals surface area contributed by atoms with E-state index in [0.29, 0.717) is 0 Å². The van der Waals surface area contributed by atoms with Gasteiger partial charge in [0.05, 0.1) is 0 Å². The fraction of sp³-hybridized carbons (Fsp3) is 0.643. The van der Waals surface area contributed by atoms with Crippen molar-refractivity contribution in [3.8, 4) is 0 Å². The zero-order valence-corrected chi connectivity index (χ0v) is 11.4. The smallest absolute Gasteiger partial charge is 0.127 e. The summed E-state index contributed by atoms with van der Waals surface area (Å²) in [6.07, 6.45) is 5.50. The van der Waals surface area contributed by atoms with Gasteiger partial charge in [0.1, 0.15) is 5.82 Å². The van der Waals surface area contributed by atoms with Crippen molar-refractivity contribution in [3.63, 3.8) is 0 Å². The lowest BCUT2D eigenvalue weighted by Gasteiger charge is -2.23. The molecule has 96 valence electrons. The maximum Gasteiger partial charge on any atom is 0.127 e. The lowest BCUT2D eigenvalue weighted by Crippen LogP contribution is -2.23. The molecule has 3 heteroatoms. The second kappa shape index (κ2) is 7.93. The van der Waals surface area contributed by atoms with E-state index < -0.39 is 0 Å². The predicted molar refractivity (Wildman–Crippen MR) is 75.8 cm³/mol. The molecule has 0 fully saturated rings. The SMILES string of the molecule is CCCCN(CC)c1ccnc(NCCC)c1. The van der Waals surface area contributed by atoms with Gasteiger partial charge in [-0.05, 0) is 25.8 Å². The average molecular weight is 235 g/mol. The molecule has 17 heavy (non-hydrogen) atoms. The third kappa shape index (κ3) is 4.63. The van der Waals surface area contributed by atoms with Crippen molar-refractivity contribution in [2.45, 2.75) is 40.0 Å². The van der Waals surface area contributed by atoms with Crippen molar-refractivity contribution in [1.29, 1.82) is 0 Å². The molecule has 0 aliphatic carbocycles. The van der Waals surface area contributed by atoms with Crippen LogP contribution < -0.4 is 10.2 Å². The standard InChI is InChI=1S/C14H25N3/c1-4-7-11-17(6-3)13-8-10-16-14(12-13)15-9-5-2/h8,10,12H,4-7,9,11H2,1-3H3,(H,15,16). The molecule has 0 aliphatic heterocycles. The minimum atomic E-state index is 0.984. The van der Waals surface area contributed by atoms with E-state index in [-0.39, 0.29) is 0 Å². The Morgan fingerprint density at radius 2 is 2.06 bits per heavy atom. The number of pyridine rings is 1. The fourth-order valence-corrected chi connectivity index (χ4v) is 1.78. The van der Waals surface area contributed by atoms with Crippen molar-refractivity contribution < 1.29 is 0 Å². The molecule has 0 aliphatic rings. The van der Waals surface area contributed by atoms with E-state index in [1.165, 1.54) is 18.5 Å². The van der Waals surface area contributed by atoms with E-state index in [2.05, 4.69) is 48.1 Å². The van der Waals surface area contributed by atoms with E-state index in [1.54, 1.807) is 0 Å². The zero-order chi connectivity index (χ0) is 12.5. The summed E-state index contributed by atoms with van der Waals surface area (Å²) < 4.78 is 0. The second-order valence-corrected chi connectivity index (χ2v) is 4.26. The summed E-state index contributed by atoms with van der Waals surface area (Å²) in [4.78, 5) is 6.74. The Labute approximate surface area is 105 Å². The molecule has 1 aromatic rings. The number of hydrogen-bond acceptors (Lipinski definition) is 3. The van der Waals surface area contributed by atoms with Gasteiger partial charge < -0.3 is 10.2 Å². The summed E-state index contributed by atoms with van der Waals surface area (Å²) in [5.74, 6) is 0.985. The highest BCUT2D eigenvalue weighted by Crippen LogP contribution is 2.17. The van der Waals surface area contributed by atoms with Crippen LogP contribution in [0.15, 0.2) is 18.3 Å². The predicted octanol–water partition coefficient (Wildman–Crippen LogP) is 3.53. The Hall–Kier alpha value is -1.25. The van der Waals surface area contributed by atoms with Gasteiger partial charge in [0.2, 0.25) is 0 Å². The van der Waals surface area contributed by atoms with Crippen molar-refractivity contribution in [1.82, 2.24) is 4.98 Å². The average Bonchev–Trinajstić information content (AvgIpc) is 2.38. The molecule has 1 rings (SSSR count). The van der Waals surface area contributed by atoms with Crippen molar-refractivity contribution >= 4 is 11.5 Å². The molecule has 1 heterocycles. The van der Waals surface area contributed by atoms with Gasteiger partial charge in [0, 0.05) is 37.6 Å². The van der Waals surface area contributed by atoms with Gasteiger partial charge in [-0.1, -0.05) is 20.3 Å². The van der Waals surface area contributed by atoms with Gasteiger partial charge in [-0.15, -0.1) is 0 Å². The van der Waals surface area contributed by atoms with Crippen LogP contribution in [0.4, 0.5) is 11.5 Å². The summed E-state index contributed by atoms with van der Waals surface area (Å²) in [7, 11) is 0. The molecule has 0 unspecified atom stereocenters. The molecule has 0 radical (unpaired) electrons. The molecule has 0 saturated carbocycles. The zero-order valence-electron chi connectivity index (χ0n) is 11.4. The minimum Gasteiger partial charge on any atom is -0.372 e. The largest absolute Gasteiger partial charge is 0.372 e. The van der Waals surface area contributed by atoms with E-state index in [9.17, 15) is 0 Å². The molecular formula is C14H25N3. The first-order valence-corrected chi connectivity index (χ1v) is 6.76. The summed E-state index contributed by atoms with van der Waals surface area (Å²) in [6, 6.07) is 4.24. The summed E-state index contributed by atoms with van der Waals surface area (Å²) in [6.45, 7) is 9.76. The van der Waals surface area contributed by atoms with Crippen LogP contribution in [0.25, 0.3) is 0 Å². The molecule has 0 amide bonds. The number of nitrogens with zero attached hydrogens (tertiary/aromatic N) is 2. The van der Waals surface area contributed by atoms with E-state index in [1.807, 2.05) is 6.20 Å². The lowest BCUT2D eigenvalue weighted by molar-refractivity contribution is 0.732. The van der Waals surface area contributed by atoms with Crippen LogP contribution in [0, 0.1) is 0 Å². The van der Waals surface area contributed by atoms with Gasteiger partial charge in [0.15, 0.2) is 0 Å².